The summed E-state index contributed by atoms with van der Waals surface area (Å²) < 4.78 is 31.8. The summed E-state index contributed by atoms with van der Waals surface area (Å²) in [7, 11) is -3.68. The number of dihydropyridines is 1. The van der Waals surface area contributed by atoms with Gasteiger partial charge in [0.15, 0.2) is 0 Å². The maximum Gasteiger partial charge on any atom is 0.356 e. The molecule has 1 atom stereocenters. The second-order valence-electron chi connectivity index (χ2n) is 5.07. The fourth-order valence-electron chi connectivity index (χ4n) is 2.08. The Morgan fingerprint density at radius 2 is 2.04 bits per heavy atom. The summed E-state index contributed by atoms with van der Waals surface area (Å²) in [4.78, 5) is 16.3. The highest BCUT2D eigenvalue weighted by Crippen LogP contribution is 2.29. The standard InChI is InChI=1S/C15H17ClN2O5S/c1-3-22-15(19)14-9-12(18-23-24(2,20)21)8-13(17-14)10-4-6-11(16)7-5-10/h4-7,9,13,18H,3,8H2,1-2H3. The van der Waals surface area contributed by atoms with E-state index in [4.69, 9.17) is 16.3 Å². The van der Waals surface area contributed by atoms with Gasteiger partial charge in [-0.2, -0.15) is 12.7 Å². The average molecular weight is 373 g/mol. The molecule has 2 rings (SSSR count). The SMILES string of the molecule is CCOC(=O)C1=NC(c2ccc(Cl)cc2)CC(NOS(C)(=O)=O)=C1. The summed E-state index contributed by atoms with van der Waals surface area (Å²) in [6.07, 6.45) is 2.66. The molecule has 1 aromatic carbocycles. The van der Waals surface area contributed by atoms with Crippen LogP contribution in [0.2, 0.25) is 5.02 Å². The summed E-state index contributed by atoms with van der Waals surface area (Å²) in [5.74, 6) is -0.588. The van der Waals surface area contributed by atoms with Crippen molar-refractivity contribution in [3.8, 4) is 0 Å². The molecule has 0 bridgehead atoms. The Hall–Kier alpha value is -1.90. The molecule has 1 heterocycles. The van der Waals surface area contributed by atoms with Crippen molar-refractivity contribution >= 4 is 33.4 Å². The Bertz CT molecular complexity index is 772. The lowest BCUT2D eigenvalue weighted by Gasteiger charge is -2.21. The van der Waals surface area contributed by atoms with E-state index in [1.165, 1.54) is 6.08 Å². The molecule has 1 aliphatic rings. The first-order chi connectivity index (χ1) is 11.3. The van der Waals surface area contributed by atoms with Crippen LogP contribution in [0.15, 0.2) is 41.0 Å². The van der Waals surface area contributed by atoms with Gasteiger partial charge in [0, 0.05) is 17.1 Å². The first kappa shape index (κ1) is 18.4. The van der Waals surface area contributed by atoms with Gasteiger partial charge in [0.2, 0.25) is 0 Å². The predicted molar refractivity (Wildman–Crippen MR) is 90.0 cm³/mol. The largest absolute Gasteiger partial charge is 0.461 e. The van der Waals surface area contributed by atoms with Crippen molar-refractivity contribution in [3.05, 3.63) is 46.6 Å². The van der Waals surface area contributed by atoms with Gasteiger partial charge in [-0.15, -0.1) is 0 Å². The minimum atomic E-state index is -3.68. The zero-order valence-corrected chi connectivity index (χ0v) is 14.7. The van der Waals surface area contributed by atoms with Crippen LogP contribution >= 0.6 is 11.6 Å². The number of hydrogen-bond acceptors (Lipinski definition) is 7. The number of nitrogens with one attached hydrogen (secondary N) is 1. The number of benzene rings is 1. The predicted octanol–water partition coefficient (Wildman–Crippen LogP) is 2.15. The van der Waals surface area contributed by atoms with E-state index in [2.05, 4.69) is 14.8 Å². The minimum Gasteiger partial charge on any atom is -0.461 e. The third kappa shape index (κ3) is 5.33. The number of hydroxylamine groups is 1. The van der Waals surface area contributed by atoms with Crippen LogP contribution in [0.1, 0.15) is 24.9 Å². The molecular weight excluding hydrogens is 356 g/mol. The lowest BCUT2D eigenvalue weighted by molar-refractivity contribution is -0.134. The fraction of sp³-hybridized carbons (Fsp3) is 0.333. The van der Waals surface area contributed by atoms with E-state index in [0.717, 1.165) is 11.8 Å². The Kier molecular flexibility index (Phi) is 5.98. The second-order valence-corrected chi connectivity index (χ2v) is 7.08. The van der Waals surface area contributed by atoms with Crippen molar-refractivity contribution in [2.24, 2.45) is 4.99 Å². The molecule has 0 amide bonds. The van der Waals surface area contributed by atoms with Gasteiger partial charge >= 0.3 is 5.97 Å². The van der Waals surface area contributed by atoms with Crippen LogP contribution in [0, 0.1) is 0 Å². The van der Waals surface area contributed by atoms with Crippen LogP contribution in [0.3, 0.4) is 0 Å². The maximum absolute atomic E-state index is 12.0. The molecule has 0 radical (unpaired) electrons. The van der Waals surface area contributed by atoms with Gasteiger partial charge in [0.1, 0.15) is 5.71 Å². The smallest absolute Gasteiger partial charge is 0.356 e. The zero-order valence-electron chi connectivity index (χ0n) is 13.2. The first-order valence-electron chi connectivity index (χ1n) is 7.14. The molecule has 0 aromatic heterocycles. The monoisotopic (exact) mass is 372 g/mol. The van der Waals surface area contributed by atoms with Gasteiger partial charge in [-0.25, -0.2) is 4.79 Å². The second kappa shape index (κ2) is 7.78. The van der Waals surface area contributed by atoms with Crippen LogP contribution < -0.4 is 5.48 Å². The van der Waals surface area contributed by atoms with Crippen molar-refractivity contribution in [1.29, 1.82) is 0 Å². The molecule has 130 valence electrons. The van der Waals surface area contributed by atoms with E-state index in [1.807, 2.05) is 0 Å². The highest BCUT2D eigenvalue weighted by atomic mass is 35.5. The Morgan fingerprint density at radius 3 is 2.62 bits per heavy atom. The Morgan fingerprint density at radius 1 is 1.38 bits per heavy atom. The van der Waals surface area contributed by atoms with E-state index in [1.54, 1.807) is 31.2 Å². The van der Waals surface area contributed by atoms with E-state index in [-0.39, 0.29) is 12.3 Å². The molecule has 9 heteroatoms. The molecular formula is C15H17ClN2O5S. The minimum absolute atomic E-state index is 0.0858. The Balaban J connectivity index is 2.27. The number of hydrogen-bond donors (Lipinski definition) is 1. The summed E-state index contributed by atoms with van der Waals surface area (Å²) >= 11 is 5.88. The van der Waals surface area contributed by atoms with E-state index >= 15 is 0 Å². The molecule has 0 saturated carbocycles. The van der Waals surface area contributed by atoms with E-state index < -0.39 is 22.1 Å². The van der Waals surface area contributed by atoms with E-state index in [9.17, 15) is 13.2 Å². The molecule has 24 heavy (non-hydrogen) atoms. The van der Waals surface area contributed by atoms with Gasteiger partial charge < -0.3 is 4.74 Å². The molecule has 1 unspecified atom stereocenters. The van der Waals surface area contributed by atoms with Crippen LogP contribution in [-0.4, -0.2) is 33.0 Å². The normalized spacial score (nSPS) is 17.7. The molecule has 0 aliphatic carbocycles. The van der Waals surface area contributed by atoms with Crippen molar-refractivity contribution < 1.29 is 22.2 Å². The molecule has 1 N–H and O–H groups in total. The summed E-state index contributed by atoms with van der Waals surface area (Å²) in [5, 5.41) is 0.582. The number of halogens is 1. The summed E-state index contributed by atoms with van der Waals surface area (Å²) in [6, 6.07) is 6.63. The lowest BCUT2D eigenvalue weighted by atomic mass is 9.99. The Labute approximate surface area is 145 Å². The molecule has 1 aliphatic heterocycles. The molecule has 7 nitrogen and oxygen atoms in total. The topological polar surface area (TPSA) is 94.1 Å². The number of carbonyl (C=O) groups is 1. The van der Waals surface area contributed by atoms with Crippen molar-refractivity contribution in [1.82, 2.24) is 5.48 Å². The van der Waals surface area contributed by atoms with Gasteiger partial charge in [0.25, 0.3) is 10.1 Å². The van der Waals surface area contributed by atoms with Crippen LogP contribution in [-0.2, 0) is 23.9 Å². The number of carbonyl (C=O) groups excluding carboxylic acids is 1. The number of aliphatic imine (C=N–C) groups is 1. The molecule has 1 aromatic rings. The average Bonchev–Trinajstić information content (AvgIpc) is 2.53. The van der Waals surface area contributed by atoms with Gasteiger partial charge in [-0.05, 0) is 30.7 Å². The number of ether oxygens (including phenoxy) is 1. The molecule has 0 fully saturated rings. The van der Waals surface area contributed by atoms with Crippen molar-refractivity contribution in [2.75, 3.05) is 12.9 Å². The third-order valence-electron chi connectivity index (χ3n) is 3.08. The third-order valence-corrected chi connectivity index (χ3v) is 3.72. The zero-order chi connectivity index (χ0) is 17.7. The number of rotatable bonds is 6. The number of nitrogens with zero attached hydrogens (tertiary/aromatic N) is 1. The van der Waals surface area contributed by atoms with E-state index in [0.29, 0.717) is 17.1 Å². The highest BCUT2D eigenvalue weighted by molar-refractivity contribution is 7.85. The van der Waals surface area contributed by atoms with Gasteiger partial charge in [-0.1, -0.05) is 23.7 Å². The quantitative estimate of drug-likeness (QED) is 0.607. The summed E-state index contributed by atoms with van der Waals surface area (Å²) in [6.45, 7) is 1.90. The van der Waals surface area contributed by atoms with Crippen LogP contribution in [0.4, 0.5) is 0 Å². The lowest BCUT2D eigenvalue weighted by Crippen LogP contribution is -2.26. The number of esters is 1. The van der Waals surface area contributed by atoms with Crippen molar-refractivity contribution in [3.63, 3.8) is 0 Å². The first-order valence-corrected chi connectivity index (χ1v) is 9.33. The fourth-order valence-corrected chi connectivity index (χ4v) is 2.46. The summed E-state index contributed by atoms with van der Waals surface area (Å²) in [5.41, 5.74) is 3.67. The van der Waals surface area contributed by atoms with Gasteiger partial charge in [0.05, 0.1) is 18.9 Å². The van der Waals surface area contributed by atoms with Crippen molar-refractivity contribution in [2.45, 2.75) is 19.4 Å². The van der Waals surface area contributed by atoms with Crippen LogP contribution in [0.5, 0.6) is 0 Å². The molecule has 0 saturated heterocycles. The van der Waals surface area contributed by atoms with Gasteiger partial charge in [-0.3, -0.25) is 10.5 Å². The molecule has 0 spiro atoms. The maximum atomic E-state index is 12.0. The van der Waals surface area contributed by atoms with Crippen LogP contribution in [0.25, 0.3) is 0 Å². The highest BCUT2D eigenvalue weighted by Gasteiger charge is 2.23.